The molecule has 0 bridgehead atoms. The number of fused-ring (bicyclic) bond motifs is 1. The molecule has 0 radical (unpaired) electrons. The van der Waals surface area contributed by atoms with Crippen LogP contribution in [0.25, 0.3) is 10.8 Å². The van der Waals surface area contributed by atoms with Gasteiger partial charge in [-0.15, -0.1) is 0 Å². The molecule has 0 saturated carbocycles. The number of carbonyl (C=O) groups is 2. The maximum absolute atomic E-state index is 12.4. The van der Waals surface area contributed by atoms with E-state index in [1.807, 2.05) is 6.92 Å². The van der Waals surface area contributed by atoms with Crippen molar-refractivity contribution < 1.29 is 14.1 Å². The average Bonchev–Trinajstić information content (AvgIpc) is 2.64. The number of amides is 1. The van der Waals surface area contributed by atoms with Crippen LogP contribution in [0.5, 0.6) is 0 Å². The Morgan fingerprint density at radius 1 is 1.12 bits per heavy atom. The van der Waals surface area contributed by atoms with Gasteiger partial charge in [0.05, 0.1) is 11.1 Å². The third kappa shape index (κ3) is 3.39. The van der Waals surface area contributed by atoms with Crippen LogP contribution in [0.15, 0.2) is 51.8 Å². The molecule has 6 heteroatoms. The molecule has 1 amide bonds. The van der Waals surface area contributed by atoms with Crippen molar-refractivity contribution in [3.8, 4) is 0 Å². The highest BCUT2D eigenvalue weighted by Gasteiger charge is 2.18. The SMILES string of the molecule is CCCc1noc(=O)c2ccc(NC(=O)C(=O)c3ccccc3C)cc12. The topological polar surface area (TPSA) is 89.3 Å². The van der Waals surface area contributed by atoms with E-state index in [4.69, 9.17) is 4.52 Å². The van der Waals surface area contributed by atoms with Crippen molar-refractivity contribution in [2.45, 2.75) is 26.7 Å². The van der Waals surface area contributed by atoms with E-state index in [1.54, 1.807) is 49.4 Å². The third-order valence-electron chi connectivity index (χ3n) is 4.13. The Morgan fingerprint density at radius 2 is 1.88 bits per heavy atom. The van der Waals surface area contributed by atoms with Crippen LogP contribution >= 0.6 is 0 Å². The zero-order valence-corrected chi connectivity index (χ0v) is 14.5. The molecule has 2 aromatic carbocycles. The summed E-state index contributed by atoms with van der Waals surface area (Å²) in [7, 11) is 0. The van der Waals surface area contributed by atoms with E-state index in [2.05, 4.69) is 10.5 Å². The highest BCUT2D eigenvalue weighted by molar-refractivity contribution is 6.46. The molecule has 132 valence electrons. The zero-order valence-electron chi connectivity index (χ0n) is 14.5. The molecule has 0 fully saturated rings. The first-order valence-corrected chi connectivity index (χ1v) is 8.35. The molecule has 1 heterocycles. The molecule has 0 unspecified atom stereocenters. The van der Waals surface area contributed by atoms with Crippen LogP contribution in [0, 0.1) is 6.92 Å². The lowest BCUT2D eigenvalue weighted by molar-refractivity contribution is -0.112. The van der Waals surface area contributed by atoms with Gasteiger partial charge in [0.1, 0.15) is 0 Å². The first kappa shape index (κ1) is 17.5. The Hall–Kier alpha value is -3.28. The van der Waals surface area contributed by atoms with Gasteiger partial charge in [-0.2, -0.15) is 0 Å². The van der Waals surface area contributed by atoms with Gasteiger partial charge < -0.3 is 9.84 Å². The smallest absolute Gasteiger partial charge is 0.319 e. The summed E-state index contributed by atoms with van der Waals surface area (Å²) in [6, 6.07) is 11.7. The van der Waals surface area contributed by atoms with Crippen molar-refractivity contribution in [2.24, 2.45) is 0 Å². The summed E-state index contributed by atoms with van der Waals surface area (Å²) in [5.74, 6) is -1.34. The van der Waals surface area contributed by atoms with Gasteiger partial charge in [-0.25, -0.2) is 4.79 Å². The van der Waals surface area contributed by atoms with E-state index in [0.717, 1.165) is 12.0 Å². The molecule has 6 nitrogen and oxygen atoms in total. The Balaban J connectivity index is 1.92. The fourth-order valence-corrected chi connectivity index (χ4v) is 2.79. The van der Waals surface area contributed by atoms with Crippen molar-refractivity contribution in [1.29, 1.82) is 0 Å². The number of hydrogen-bond donors (Lipinski definition) is 1. The molecule has 0 saturated heterocycles. The second-order valence-electron chi connectivity index (χ2n) is 6.03. The largest absolute Gasteiger partial charge is 0.366 e. The molecule has 0 spiro atoms. The Bertz CT molecular complexity index is 1050. The molecule has 26 heavy (non-hydrogen) atoms. The third-order valence-corrected chi connectivity index (χ3v) is 4.13. The number of nitrogens with zero attached hydrogens (tertiary/aromatic N) is 1. The van der Waals surface area contributed by atoms with E-state index < -0.39 is 17.3 Å². The Labute approximate surface area is 149 Å². The van der Waals surface area contributed by atoms with E-state index in [9.17, 15) is 14.4 Å². The van der Waals surface area contributed by atoms with Gasteiger partial charge in [-0.3, -0.25) is 9.59 Å². The van der Waals surface area contributed by atoms with Crippen LogP contribution in [-0.2, 0) is 11.2 Å². The normalized spacial score (nSPS) is 10.7. The average molecular weight is 350 g/mol. The Morgan fingerprint density at radius 3 is 2.62 bits per heavy atom. The van der Waals surface area contributed by atoms with Gasteiger partial charge in [0, 0.05) is 16.6 Å². The monoisotopic (exact) mass is 350 g/mol. The summed E-state index contributed by atoms with van der Waals surface area (Å²) in [5.41, 5.74) is 1.63. The number of benzene rings is 2. The standard InChI is InChI=1S/C20H18N2O4/c1-3-6-17-16-11-13(9-10-15(16)20(25)26-22-17)21-19(24)18(23)14-8-5-4-7-12(14)2/h4-5,7-11H,3,6H2,1-2H3,(H,21,24). The summed E-state index contributed by atoms with van der Waals surface area (Å²) < 4.78 is 4.81. The number of carbonyl (C=O) groups excluding carboxylic acids is 2. The second kappa shape index (κ2) is 7.31. The minimum atomic E-state index is -0.730. The van der Waals surface area contributed by atoms with Crippen molar-refractivity contribution >= 4 is 28.2 Å². The van der Waals surface area contributed by atoms with Gasteiger partial charge in [0.25, 0.3) is 11.7 Å². The number of anilines is 1. The highest BCUT2D eigenvalue weighted by Crippen LogP contribution is 2.20. The number of rotatable bonds is 5. The molecular formula is C20H18N2O4. The molecular weight excluding hydrogens is 332 g/mol. The molecule has 3 aromatic rings. The lowest BCUT2D eigenvalue weighted by Gasteiger charge is -2.08. The summed E-state index contributed by atoms with van der Waals surface area (Å²) in [5, 5.41) is 7.45. The maximum atomic E-state index is 12.4. The summed E-state index contributed by atoms with van der Waals surface area (Å²) in [6.45, 7) is 3.77. The molecule has 0 aliphatic carbocycles. The lowest BCUT2D eigenvalue weighted by Crippen LogP contribution is -2.23. The molecule has 0 aliphatic heterocycles. The predicted octanol–water partition coefficient (Wildman–Crippen LogP) is 3.27. The van der Waals surface area contributed by atoms with Crippen molar-refractivity contribution in [2.75, 3.05) is 5.32 Å². The van der Waals surface area contributed by atoms with Gasteiger partial charge >= 0.3 is 5.63 Å². The molecule has 0 aliphatic rings. The first-order chi connectivity index (χ1) is 12.5. The number of ketones is 1. The number of Topliss-reactive ketones (excluding diaryl/α,β-unsaturated/α-hetero) is 1. The van der Waals surface area contributed by atoms with E-state index in [0.29, 0.717) is 34.1 Å². The maximum Gasteiger partial charge on any atom is 0.366 e. The molecule has 0 atom stereocenters. The molecule has 1 N–H and O–H groups in total. The van der Waals surface area contributed by atoms with Gasteiger partial charge in [0.15, 0.2) is 0 Å². The minimum absolute atomic E-state index is 0.361. The number of aryl methyl sites for hydroxylation is 2. The highest BCUT2D eigenvalue weighted by atomic mass is 16.5. The van der Waals surface area contributed by atoms with Crippen molar-refractivity contribution in [1.82, 2.24) is 5.16 Å². The fourth-order valence-electron chi connectivity index (χ4n) is 2.79. The summed E-state index contributed by atoms with van der Waals surface area (Å²) in [4.78, 5) is 36.5. The van der Waals surface area contributed by atoms with Crippen LogP contribution in [0.3, 0.4) is 0 Å². The lowest BCUT2D eigenvalue weighted by atomic mass is 10.0. The predicted molar refractivity (Wildman–Crippen MR) is 98.4 cm³/mol. The fraction of sp³-hybridized carbons (Fsp3) is 0.200. The number of aromatic nitrogens is 1. The quantitative estimate of drug-likeness (QED) is 0.563. The number of nitrogens with one attached hydrogen (secondary N) is 1. The summed E-state index contributed by atoms with van der Waals surface area (Å²) >= 11 is 0. The Kier molecular flexibility index (Phi) is 4.93. The van der Waals surface area contributed by atoms with E-state index in [1.165, 1.54) is 0 Å². The minimum Gasteiger partial charge on any atom is -0.319 e. The van der Waals surface area contributed by atoms with Gasteiger partial charge in [0.2, 0.25) is 0 Å². The molecule has 1 aromatic heterocycles. The van der Waals surface area contributed by atoms with E-state index >= 15 is 0 Å². The van der Waals surface area contributed by atoms with Crippen molar-refractivity contribution in [3.05, 3.63) is 69.7 Å². The van der Waals surface area contributed by atoms with Crippen LogP contribution in [0.1, 0.15) is 35.0 Å². The second-order valence-corrected chi connectivity index (χ2v) is 6.03. The van der Waals surface area contributed by atoms with Crippen LogP contribution in [0.4, 0.5) is 5.69 Å². The molecule has 3 rings (SSSR count). The van der Waals surface area contributed by atoms with Gasteiger partial charge in [-0.1, -0.05) is 42.8 Å². The van der Waals surface area contributed by atoms with Gasteiger partial charge in [-0.05, 0) is 37.1 Å². The zero-order chi connectivity index (χ0) is 18.7. The van der Waals surface area contributed by atoms with Crippen LogP contribution < -0.4 is 10.9 Å². The van der Waals surface area contributed by atoms with Crippen LogP contribution in [-0.4, -0.2) is 16.8 Å². The number of hydrogen-bond acceptors (Lipinski definition) is 5. The van der Waals surface area contributed by atoms with Crippen molar-refractivity contribution in [3.63, 3.8) is 0 Å². The first-order valence-electron chi connectivity index (χ1n) is 8.35. The summed E-state index contributed by atoms with van der Waals surface area (Å²) in [6.07, 6.45) is 1.47. The van der Waals surface area contributed by atoms with E-state index in [-0.39, 0.29) is 0 Å². The van der Waals surface area contributed by atoms with Crippen LogP contribution in [0.2, 0.25) is 0 Å².